The number of hydrogen-bond acceptors (Lipinski definition) is 3. The molecule has 0 bridgehead atoms. The molecule has 0 aliphatic carbocycles. The third kappa shape index (κ3) is 3.45. The summed E-state index contributed by atoms with van der Waals surface area (Å²) in [5, 5.41) is 2.39. The molecule has 1 unspecified atom stereocenters. The molecule has 1 atom stereocenters. The lowest BCUT2D eigenvalue weighted by Crippen LogP contribution is -2.44. The number of fused-ring (bicyclic) bond motifs is 1. The van der Waals surface area contributed by atoms with E-state index in [0.717, 1.165) is 23.4 Å². The molecule has 30 heavy (non-hydrogen) atoms. The number of aromatic nitrogens is 1. The minimum atomic E-state index is -0.831. The molecule has 0 saturated carbocycles. The van der Waals surface area contributed by atoms with Crippen molar-refractivity contribution in [1.82, 2.24) is 9.47 Å². The van der Waals surface area contributed by atoms with Crippen LogP contribution in [-0.4, -0.2) is 36.3 Å². The van der Waals surface area contributed by atoms with E-state index in [1.807, 2.05) is 29.0 Å². The molecule has 3 aromatic rings. The lowest BCUT2D eigenvalue weighted by Gasteiger charge is -2.37. The van der Waals surface area contributed by atoms with E-state index in [2.05, 4.69) is 5.32 Å². The van der Waals surface area contributed by atoms with E-state index in [0.29, 0.717) is 24.6 Å². The number of benzene rings is 2. The van der Waals surface area contributed by atoms with Crippen LogP contribution in [0.2, 0.25) is 0 Å². The van der Waals surface area contributed by atoms with E-state index in [9.17, 15) is 13.6 Å². The van der Waals surface area contributed by atoms with E-state index < -0.39 is 29.4 Å². The second-order valence-corrected chi connectivity index (χ2v) is 6.86. The second-order valence-electron chi connectivity index (χ2n) is 6.86. The molecule has 1 N–H and O–H groups in total. The minimum Gasteiger partial charge on any atom is -0.497 e. The predicted molar refractivity (Wildman–Crippen MR) is 108 cm³/mol. The molecule has 8 heteroatoms. The lowest BCUT2D eigenvalue weighted by atomic mass is 9.99. The standard InChI is InChI=1S/C22H21F2N3O3/c1-29-14-8-9-15(19(13-14)30-2)21-18-7-4-10-26(18)11-12-27(21)22(28)25-20-16(23)5-3-6-17(20)24/h3-10,13,21H,11-12H2,1-2H3,(H,25,28). The largest absolute Gasteiger partial charge is 0.497 e. The molecule has 0 radical (unpaired) electrons. The van der Waals surface area contributed by atoms with Gasteiger partial charge in [-0.3, -0.25) is 0 Å². The molecule has 6 nitrogen and oxygen atoms in total. The number of urea groups is 1. The average molecular weight is 413 g/mol. The maximum atomic E-state index is 14.1. The van der Waals surface area contributed by atoms with E-state index in [4.69, 9.17) is 9.47 Å². The molecule has 1 aliphatic heterocycles. The Kier molecular flexibility index (Phi) is 5.31. The van der Waals surface area contributed by atoms with E-state index >= 15 is 0 Å². The SMILES string of the molecule is COc1ccc(C2c3cccn3CCN2C(=O)Nc2c(F)cccc2F)c(OC)c1. The van der Waals surface area contributed by atoms with E-state index in [1.165, 1.54) is 6.07 Å². The van der Waals surface area contributed by atoms with Crippen LogP contribution >= 0.6 is 0 Å². The summed E-state index contributed by atoms with van der Waals surface area (Å²) in [6.07, 6.45) is 1.93. The van der Waals surface area contributed by atoms with Crippen molar-refractivity contribution in [3.05, 3.63) is 77.6 Å². The van der Waals surface area contributed by atoms with Crippen molar-refractivity contribution in [2.24, 2.45) is 0 Å². The highest BCUT2D eigenvalue weighted by Gasteiger charge is 2.34. The molecule has 2 aromatic carbocycles. The predicted octanol–water partition coefficient (Wildman–Crippen LogP) is 4.42. The van der Waals surface area contributed by atoms with E-state index in [-0.39, 0.29) is 0 Å². The highest BCUT2D eigenvalue weighted by molar-refractivity contribution is 5.90. The number of nitrogens with one attached hydrogen (secondary N) is 1. The van der Waals surface area contributed by atoms with Gasteiger partial charge in [-0.05, 0) is 36.4 Å². The summed E-state index contributed by atoms with van der Waals surface area (Å²) < 4.78 is 41.0. The normalized spacial score (nSPS) is 15.5. The van der Waals surface area contributed by atoms with Crippen LogP contribution in [0.25, 0.3) is 0 Å². The summed E-state index contributed by atoms with van der Waals surface area (Å²) >= 11 is 0. The first-order valence-electron chi connectivity index (χ1n) is 9.42. The van der Waals surface area contributed by atoms with Gasteiger partial charge in [0.2, 0.25) is 0 Å². The van der Waals surface area contributed by atoms with Crippen molar-refractivity contribution in [3.8, 4) is 11.5 Å². The number of carbonyl (C=O) groups is 1. The molecule has 0 spiro atoms. The number of anilines is 1. The topological polar surface area (TPSA) is 55.7 Å². The summed E-state index contributed by atoms with van der Waals surface area (Å²) in [4.78, 5) is 14.7. The third-order valence-corrected chi connectivity index (χ3v) is 5.23. The fourth-order valence-corrected chi connectivity index (χ4v) is 3.77. The van der Waals surface area contributed by atoms with Gasteiger partial charge in [-0.25, -0.2) is 13.6 Å². The summed E-state index contributed by atoms with van der Waals surface area (Å²) in [5.74, 6) is -0.500. The Morgan fingerprint density at radius 1 is 1.03 bits per heavy atom. The van der Waals surface area contributed by atoms with Gasteiger partial charge < -0.3 is 24.3 Å². The van der Waals surface area contributed by atoms with Crippen molar-refractivity contribution in [3.63, 3.8) is 0 Å². The Hall–Kier alpha value is -3.55. The van der Waals surface area contributed by atoms with Gasteiger partial charge in [0.15, 0.2) is 0 Å². The average Bonchev–Trinajstić information content (AvgIpc) is 3.24. The quantitative estimate of drug-likeness (QED) is 0.689. The maximum absolute atomic E-state index is 14.1. The zero-order valence-electron chi connectivity index (χ0n) is 16.6. The molecule has 1 aromatic heterocycles. The molecular formula is C22H21F2N3O3. The zero-order chi connectivity index (χ0) is 21.3. The van der Waals surface area contributed by atoms with Crippen LogP contribution in [0.3, 0.4) is 0 Å². The highest BCUT2D eigenvalue weighted by Crippen LogP contribution is 2.39. The lowest BCUT2D eigenvalue weighted by molar-refractivity contribution is 0.180. The Labute approximate surface area is 172 Å². The smallest absolute Gasteiger partial charge is 0.322 e. The highest BCUT2D eigenvalue weighted by atomic mass is 19.1. The number of hydrogen-bond donors (Lipinski definition) is 1. The molecule has 2 amide bonds. The fraction of sp³-hybridized carbons (Fsp3) is 0.227. The summed E-state index contributed by atoms with van der Waals surface area (Å²) in [7, 11) is 3.10. The first-order valence-corrected chi connectivity index (χ1v) is 9.42. The van der Waals surface area contributed by atoms with Crippen LogP contribution < -0.4 is 14.8 Å². The molecular weight excluding hydrogens is 392 g/mol. The molecule has 1 aliphatic rings. The summed E-state index contributed by atoms with van der Waals surface area (Å²) in [6.45, 7) is 0.911. The van der Waals surface area contributed by atoms with Crippen LogP contribution in [-0.2, 0) is 6.54 Å². The molecule has 0 fully saturated rings. The van der Waals surface area contributed by atoms with Gasteiger partial charge in [-0.1, -0.05) is 6.07 Å². The van der Waals surface area contributed by atoms with Gasteiger partial charge in [-0.2, -0.15) is 0 Å². The van der Waals surface area contributed by atoms with Gasteiger partial charge in [0.25, 0.3) is 0 Å². The van der Waals surface area contributed by atoms with Crippen molar-refractivity contribution in [1.29, 1.82) is 0 Å². The fourth-order valence-electron chi connectivity index (χ4n) is 3.77. The number of para-hydroxylation sites is 1. The molecule has 2 heterocycles. The second kappa shape index (κ2) is 8.06. The van der Waals surface area contributed by atoms with Crippen molar-refractivity contribution < 1.29 is 23.0 Å². The van der Waals surface area contributed by atoms with Gasteiger partial charge in [0, 0.05) is 36.6 Å². The number of ether oxygens (including phenoxy) is 2. The molecule has 0 saturated heterocycles. The van der Waals surface area contributed by atoms with Gasteiger partial charge >= 0.3 is 6.03 Å². The van der Waals surface area contributed by atoms with E-state index in [1.54, 1.807) is 31.3 Å². The number of rotatable bonds is 4. The van der Waals surface area contributed by atoms with Crippen LogP contribution in [0.4, 0.5) is 19.3 Å². The first-order chi connectivity index (χ1) is 14.5. The number of methoxy groups -OCH3 is 2. The number of halogens is 2. The minimum absolute atomic E-state index is 0.351. The van der Waals surface area contributed by atoms with Crippen LogP contribution in [0.15, 0.2) is 54.7 Å². The Bertz CT molecular complexity index is 1060. The van der Waals surface area contributed by atoms with Crippen LogP contribution in [0.1, 0.15) is 17.3 Å². The van der Waals surface area contributed by atoms with Crippen LogP contribution in [0.5, 0.6) is 11.5 Å². The Balaban J connectivity index is 1.75. The molecule has 4 rings (SSSR count). The van der Waals surface area contributed by atoms with Crippen molar-refractivity contribution in [2.45, 2.75) is 12.6 Å². The van der Waals surface area contributed by atoms with Crippen molar-refractivity contribution >= 4 is 11.7 Å². The molecule has 156 valence electrons. The van der Waals surface area contributed by atoms with Gasteiger partial charge in [0.1, 0.15) is 34.9 Å². The number of amides is 2. The Morgan fingerprint density at radius 2 is 1.80 bits per heavy atom. The maximum Gasteiger partial charge on any atom is 0.322 e. The third-order valence-electron chi connectivity index (χ3n) is 5.23. The van der Waals surface area contributed by atoms with Crippen molar-refractivity contribution in [2.75, 3.05) is 26.1 Å². The number of nitrogens with zero attached hydrogens (tertiary/aromatic N) is 2. The van der Waals surface area contributed by atoms with Crippen LogP contribution in [0, 0.1) is 11.6 Å². The zero-order valence-corrected chi connectivity index (χ0v) is 16.6. The Morgan fingerprint density at radius 3 is 2.50 bits per heavy atom. The van der Waals surface area contributed by atoms with Gasteiger partial charge in [-0.15, -0.1) is 0 Å². The summed E-state index contributed by atoms with van der Waals surface area (Å²) in [6, 6.07) is 11.5. The first kappa shape index (κ1) is 19.8. The van der Waals surface area contributed by atoms with Gasteiger partial charge in [0.05, 0.1) is 14.2 Å². The monoisotopic (exact) mass is 413 g/mol. The number of carbonyl (C=O) groups excluding carboxylic acids is 1. The summed E-state index contributed by atoms with van der Waals surface area (Å²) in [5.41, 5.74) is 1.14.